The fraction of sp³-hybridized carbons (Fsp3) is 0.333. The van der Waals surface area contributed by atoms with E-state index in [1.165, 1.54) is 18.2 Å². The molecule has 1 atom stereocenters. The third-order valence-electron chi connectivity index (χ3n) is 2.59. The van der Waals surface area contributed by atoms with E-state index in [2.05, 4.69) is 20.7 Å². The summed E-state index contributed by atoms with van der Waals surface area (Å²) in [6, 6.07) is 4.78. The standard InChI is InChI=1S/C12H13BrN2O4S/c1-7(2)11(12(16)17)15-20(18,19)10-5-3-4-9(13)8(10)6-14/h3-5,7,11,15H,1-2H3,(H,16,17)/t11-/m0/s1. The van der Waals surface area contributed by atoms with Crippen LogP contribution in [0.15, 0.2) is 27.6 Å². The second kappa shape index (κ2) is 6.35. The summed E-state index contributed by atoms with van der Waals surface area (Å²) >= 11 is 3.09. The second-order valence-corrected chi connectivity index (χ2v) is 6.94. The Hall–Kier alpha value is -1.43. The van der Waals surface area contributed by atoms with Crippen LogP contribution in [-0.2, 0) is 14.8 Å². The van der Waals surface area contributed by atoms with E-state index in [0.29, 0.717) is 4.47 Å². The van der Waals surface area contributed by atoms with Crippen LogP contribution < -0.4 is 4.72 Å². The molecule has 0 saturated carbocycles. The molecular formula is C12H13BrN2O4S. The number of benzene rings is 1. The van der Waals surface area contributed by atoms with Crippen LogP contribution in [0.5, 0.6) is 0 Å². The zero-order valence-electron chi connectivity index (χ0n) is 10.8. The van der Waals surface area contributed by atoms with Crippen molar-refractivity contribution in [1.29, 1.82) is 5.26 Å². The van der Waals surface area contributed by atoms with Gasteiger partial charge in [0.2, 0.25) is 10.0 Å². The largest absolute Gasteiger partial charge is 0.480 e. The normalized spacial score (nSPS) is 12.9. The molecule has 0 heterocycles. The number of nitriles is 1. The molecule has 6 nitrogen and oxygen atoms in total. The van der Waals surface area contributed by atoms with Crippen LogP contribution in [-0.4, -0.2) is 25.5 Å². The molecule has 20 heavy (non-hydrogen) atoms. The van der Waals surface area contributed by atoms with E-state index in [4.69, 9.17) is 10.4 Å². The molecule has 0 radical (unpaired) electrons. The number of halogens is 1. The Labute approximate surface area is 125 Å². The van der Waals surface area contributed by atoms with Crippen LogP contribution >= 0.6 is 15.9 Å². The molecule has 8 heteroatoms. The van der Waals surface area contributed by atoms with Crippen LogP contribution in [0.25, 0.3) is 0 Å². The van der Waals surface area contributed by atoms with Gasteiger partial charge in [-0.05, 0) is 34.0 Å². The summed E-state index contributed by atoms with van der Waals surface area (Å²) in [6.45, 7) is 3.18. The highest BCUT2D eigenvalue weighted by Crippen LogP contribution is 2.24. The van der Waals surface area contributed by atoms with E-state index in [0.717, 1.165) is 0 Å². The Bertz CT molecular complexity index is 665. The van der Waals surface area contributed by atoms with E-state index < -0.39 is 28.0 Å². The average Bonchev–Trinajstić information content (AvgIpc) is 2.35. The number of hydrogen-bond donors (Lipinski definition) is 2. The molecule has 0 saturated heterocycles. The monoisotopic (exact) mass is 360 g/mol. The summed E-state index contributed by atoms with van der Waals surface area (Å²) in [4.78, 5) is 10.8. The third kappa shape index (κ3) is 3.56. The molecule has 1 aromatic rings. The van der Waals surface area contributed by atoms with E-state index >= 15 is 0 Å². The van der Waals surface area contributed by atoms with Crippen molar-refractivity contribution in [2.45, 2.75) is 24.8 Å². The maximum atomic E-state index is 12.2. The first kappa shape index (κ1) is 16.6. The lowest BCUT2D eigenvalue weighted by Crippen LogP contribution is -2.44. The van der Waals surface area contributed by atoms with Crippen molar-refractivity contribution in [3.8, 4) is 6.07 Å². The molecular weight excluding hydrogens is 348 g/mol. The molecule has 0 aliphatic rings. The summed E-state index contributed by atoms with van der Waals surface area (Å²) in [6.07, 6.45) is 0. The Morgan fingerprint density at radius 1 is 1.45 bits per heavy atom. The lowest BCUT2D eigenvalue weighted by Gasteiger charge is -2.18. The quantitative estimate of drug-likeness (QED) is 0.830. The number of hydrogen-bond acceptors (Lipinski definition) is 4. The first-order valence-electron chi connectivity index (χ1n) is 5.64. The van der Waals surface area contributed by atoms with Gasteiger partial charge in [0.25, 0.3) is 0 Å². The van der Waals surface area contributed by atoms with Gasteiger partial charge in [0.15, 0.2) is 0 Å². The number of nitrogens with zero attached hydrogens (tertiary/aromatic N) is 1. The van der Waals surface area contributed by atoms with E-state index in [9.17, 15) is 13.2 Å². The van der Waals surface area contributed by atoms with Gasteiger partial charge in [-0.3, -0.25) is 4.79 Å². The predicted octanol–water partition coefficient (Wildman–Crippen LogP) is 1.71. The molecule has 0 aromatic heterocycles. The SMILES string of the molecule is CC(C)[C@H](NS(=O)(=O)c1cccc(Br)c1C#N)C(=O)O. The lowest BCUT2D eigenvalue weighted by molar-refractivity contribution is -0.140. The fourth-order valence-electron chi connectivity index (χ4n) is 1.54. The van der Waals surface area contributed by atoms with Gasteiger partial charge in [0.1, 0.15) is 17.0 Å². The van der Waals surface area contributed by atoms with Crippen LogP contribution in [0, 0.1) is 17.2 Å². The predicted molar refractivity (Wildman–Crippen MR) is 75.4 cm³/mol. The molecule has 1 rings (SSSR count). The third-order valence-corrected chi connectivity index (χ3v) is 4.74. The number of aliphatic carboxylic acids is 1. The molecule has 0 amide bonds. The number of rotatable bonds is 5. The summed E-state index contributed by atoms with van der Waals surface area (Å²) in [5, 5.41) is 18.1. The average molecular weight is 361 g/mol. The first-order chi connectivity index (χ1) is 9.20. The minimum absolute atomic E-state index is 0.0621. The van der Waals surface area contributed by atoms with Crippen molar-refractivity contribution in [2.75, 3.05) is 0 Å². The molecule has 0 bridgehead atoms. The van der Waals surface area contributed by atoms with Crippen molar-refractivity contribution in [3.63, 3.8) is 0 Å². The zero-order chi connectivity index (χ0) is 15.5. The van der Waals surface area contributed by atoms with Gasteiger partial charge in [0.05, 0.1) is 5.56 Å². The summed E-state index contributed by atoms with van der Waals surface area (Å²) < 4.78 is 26.9. The molecule has 0 aliphatic carbocycles. The van der Waals surface area contributed by atoms with Crippen LogP contribution in [0.2, 0.25) is 0 Å². The molecule has 108 valence electrons. The summed E-state index contributed by atoms with van der Waals surface area (Å²) in [5.74, 6) is -1.70. The number of nitrogens with one attached hydrogen (secondary N) is 1. The van der Waals surface area contributed by atoms with Crippen LogP contribution in [0.1, 0.15) is 19.4 Å². The van der Waals surface area contributed by atoms with Gasteiger partial charge >= 0.3 is 5.97 Å². The van der Waals surface area contributed by atoms with Crippen molar-refractivity contribution in [3.05, 3.63) is 28.2 Å². The molecule has 0 fully saturated rings. The minimum Gasteiger partial charge on any atom is -0.480 e. The van der Waals surface area contributed by atoms with Gasteiger partial charge in [-0.2, -0.15) is 9.98 Å². The Balaban J connectivity index is 3.29. The highest BCUT2D eigenvalue weighted by Gasteiger charge is 2.29. The maximum Gasteiger partial charge on any atom is 0.322 e. The van der Waals surface area contributed by atoms with E-state index in [-0.39, 0.29) is 10.5 Å². The second-order valence-electron chi connectivity index (χ2n) is 4.41. The van der Waals surface area contributed by atoms with Crippen molar-refractivity contribution in [2.24, 2.45) is 5.92 Å². The molecule has 2 N–H and O–H groups in total. The fourth-order valence-corrected chi connectivity index (χ4v) is 3.64. The van der Waals surface area contributed by atoms with Gasteiger partial charge in [0, 0.05) is 4.47 Å². The van der Waals surface area contributed by atoms with Crippen LogP contribution in [0.4, 0.5) is 0 Å². The zero-order valence-corrected chi connectivity index (χ0v) is 13.2. The Morgan fingerprint density at radius 3 is 2.50 bits per heavy atom. The molecule has 0 unspecified atom stereocenters. The highest BCUT2D eigenvalue weighted by atomic mass is 79.9. The lowest BCUT2D eigenvalue weighted by atomic mass is 10.1. The number of carbonyl (C=O) groups is 1. The molecule has 0 aliphatic heterocycles. The summed E-state index contributed by atoms with van der Waals surface area (Å²) in [5.41, 5.74) is -0.0621. The number of carboxylic acids is 1. The number of sulfonamides is 1. The van der Waals surface area contributed by atoms with Gasteiger partial charge in [-0.1, -0.05) is 19.9 Å². The van der Waals surface area contributed by atoms with Crippen LogP contribution in [0.3, 0.4) is 0 Å². The summed E-state index contributed by atoms with van der Waals surface area (Å²) in [7, 11) is -4.10. The van der Waals surface area contributed by atoms with Gasteiger partial charge in [-0.15, -0.1) is 0 Å². The Kier molecular flexibility index (Phi) is 5.28. The minimum atomic E-state index is -4.10. The van der Waals surface area contributed by atoms with Crippen molar-refractivity contribution < 1.29 is 18.3 Å². The number of carboxylic acid groups (broad SMARTS) is 1. The molecule has 1 aromatic carbocycles. The Morgan fingerprint density at radius 2 is 2.05 bits per heavy atom. The maximum absolute atomic E-state index is 12.2. The first-order valence-corrected chi connectivity index (χ1v) is 7.92. The van der Waals surface area contributed by atoms with Gasteiger partial charge < -0.3 is 5.11 Å². The highest BCUT2D eigenvalue weighted by molar-refractivity contribution is 9.10. The van der Waals surface area contributed by atoms with Crippen molar-refractivity contribution in [1.82, 2.24) is 4.72 Å². The van der Waals surface area contributed by atoms with E-state index in [1.807, 2.05) is 0 Å². The smallest absolute Gasteiger partial charge is 0.322 e. The van der Waals surface area contributed by atoms with Crippen molar-refractivity contribution >= 4 is 31.9 Å². The van der Waals surface area contributed by atoms with E-state index in [1.54, 1.807) is 19.9 Å². The topological polar surface area (TPSA) is 107 Å². The molecule has 0 spiro atoms. The van der Waals surface area contributed by atoms with Gasteiger partial charge in [-0.25, -0.2) is 8.42 Å².